The number of pyridine rings is 1. The quantitative estimate of drug-likeness (QED) is 0.622. The highest BCUT2D eigenvalue weighted by atomic mass is 15.2. The summed E-state index contributed by atoms with van der Waals surface area (Å²) >= 11 is 0. The van der Waals surface area contributed by atoms with E-state index < -0.39 is 0 Å². The maximum absolute atomic E-state index is 4.35. The van der Waals surface area contributed by atoms with E-state index in [4.69, 9.17) is 0 Å². The van der Waals surface area contributed by atoms with Gasteiger partial charge in [-0.15, -0.1) is 0 Å². The highest BCUT2D eigenvalue weighted by molar-refractivity contribution is 5.12. The molecule has 1 aliphatic rings. The van der Waals surface area contributed by atoms with E-state index in [0.717, 1.165) is 6.42 Å². The Hall–Kier alpha value is -0.890. The van der Waals surface area contributed by atoms with Gasteiger partial charge in [0, 0.05) is 37.9 Å². The van der Waals surface area contributed by atoms with E-state index in [-0.39, 0.29) is 0 Å². The maximum Gasteiger partial charge on any atom is 0.0416 e. The van der Waals surface area contributed by atoms with E-state index >= 15 is 0 Å². The summed E-state index contributed by atoms with van der Waals surface area (Å²) in [6.07, 6.45) is 3.04. The molecule has 0 atom stereocenters. The third-order valence-corrected chi connectivity index (χ3v) is 2.20. The Labute approximate surface area is 73.2 Å². The average molecular weight is 162 g/mol. The van der Waals surface area contributed by atoms with Crippen molar-refractivity contribution in [2.24, 2.45) is 0 Å². The first-order valence-electron chi connectivity index (χ1n) is 4.48. The van der Waals surface area contributed by atoms with Gasteiger partial charge in [0.1, 0.15) is 0 Å². The lowest BCUT2D eigenvalue weighted by Gasteiger charge is -2.00. The van der Waals surface area contributed by atoms with Gasteiger partial charge in [0.25, 0.3) is 0 Å². The Kier molecular flexibility index (Phi) is 2.09. The summed E-state index contributed by atoms with van der Waals surface area (Å²) in [5.41, 5.74) is 2.46. The molecule has 1 aromatic rings. The van der Waals surface area contributed by atoms with Crippen LogP contribution in [-0.4, -0.2) is 29.5 Å². The highest BCUT2D eigenvalue weighted by Crippen LogP contribution is 2.06. The third-order valence-electron chi connectivity index (χ3n) is 2.20. The van der Waals surface area contributed by atoms with Crippen LogP contribution in [0.25, 0.3) is 0 Å². The molecule has 0 unspecified atom stereocenters. The Morgan fingerprint density at radius 1 is 1.42 bits per heavy atom. The van der Waals surface area contributed by atoms with Crippen LogP contribution in [0.5, 0.6) is 0 Å². The van der Waals surface area contributed by atoms with Crippen molar-refractivity contribution in [3.63, 3.8) is 0 Å². The molecule has 64 valence electrons. The normalized spacial score (nSPS) is 16.4. The fourth-order valence-electron chi connectivity index (χ4n) is 1.21. The Bertz CT molecular complexity index is 249. The van der Waals surface area contributed by atoms with Crippen molar-refractivity contribution < 1.29 is 0 Å². The molecule has 0 saturated carbocycles. The summed E-state index contributed by atoms with van der Waals surface area (Å²) in [4.78, 5) is 6.77. The zero-order chi connectivity index (χ0) is 8.39. The van der Waals surface area contributed by atoms with Crippen molar-refractivity contribution in [3.8, 4) is 0 Å². The fourth-order valence-corrected chi connectivity index (χ4v) is 1.21. The average Bonchev–Trinajstić information content (AvgIpc) is 2.87. The smallest absolute Gasteiger partial charge is 0.0416 e. The van der Waals surface area contributed by atoms with E-state index in [1.165, 1.54) is 30.9 Å². The molecule has 0 amide bonds. The van der Waals surface area contributed by atoms with Crippen molar-refractivity contribution in [3.05, 3.63) is 29.6 Å². The van der Waals surface area contributed by atoms with Crippen molar-refractivity contribution in [1.29, 1.82) is 0 Å². The van der Waals surface area contributed by atoms with E-state index in [0.29, 0.717) is 0 Å². The number of hydrogen-bond donors (Lipinski definition) is 0. The predicted molar refractivity (Wildman–Crippen MR) is 49.1 cm³/mol. The van der Waals surface area contributed by atoms with Gasteiger partial charge in [0.05, 0.1) is 0 Å². The van der Waals surface area contributed by atoms with Gasteiger partial charge in [-0.25, -0.2) is 0 Å². The van der Waals surface area contributed by atoms with Gasteiger partial charge in [-0.2, -0.15) is 0 Å². The summed E-state index contributed by atoms with van der Waals surface area (Å²) in [5, 5.41) is 0. The lowest BCUT2D eigenvalue weighted by molar-refractivity contribution is 0.556. The van der Waals surface area contributed by atoms with Crippen LogP contribution in [0, 0.1) is 6.92 Å². The summed E-state index contributed by atoms with van der Waals surface area (Å²) in [6, 6.07) is 4.25. The molecule has 2 heterocycles. The minimum atomic E-state index is 1.10. The van der Waals surface area contributed by atoms with Crippen LogP contribution >= 0.6 is 0 Å². The molecular formula is C10H14N2. The molecule has 1 fully saturated rings. The molecule has 0 N–H and O–H groups in total. The van der Waals surface area contributed by atoms with Gasteiger partial charge in [-0.3, -0.25) is 4.98 Å². The van der Waals surface area contributed by atoms with E-state index in [9.17, 15) is 0 Å². The molecule has 0 aliphatic carbocycles. The van der Waals surface area contributed by atoms with E-state index in [2.05, 4.69) is 28.9 Å². The van der Waals surface area contributed by atoms with Crippen LogP contribution in [0.1, 0.15) is 11.3 Å². The molecule has 1 aliphatic heterocycles. The topological polar surface area (TPSA) is 15.9 Å². The van der Waals surface area contributed by atoms with Gasteiger partial charge >= 0.3 is 0 Å². The number of aromatic nitrogens is 1. The molecule has 1 aromatic heterocycles. The monoisotopic (exact) mass is 162 g/mol. The molecule has 0 radical (unpaired) electrons. The zero-order valence-electron chi connectivity index (χ0n) is 7.45. The van der Waals surface area contributed by atoms with Gasteiger partial charge in [-0.1, -0.05) is 6.07 Å². The molecule has 2 nitrogen and oxygen atoms in total. The summed E-state index contributed by atoms with van der Waals surface area (Å²) in [7, 11) is 0. The minimum absolute atomic E-state index is 1.10. The molecule has 0 bridgehead atoms. The van der Waals surface area contributed by atoms with Crippen molar-refractivity contribution in [1.82, 2.24) is 9.88 Å². The highest BCUT2D eigenvalue weighted by Gasteiger charge is 2.15. The summed E-state index contributed by atoms with van der Waals surface area (Å²) < 4.78 is 0. The van der Waals surface area contributed by atoms with Gasteiger partial charge in [0.2, 0.25) is 0 Å². The van der Waals surface area contributed by atoms with Gasteiger partial charge in [-0.05, 0) is 18.6 Å². The molecule has 0 spiro atoms. The van der Waals surface area contributed by atoms with E-state index in [1.54, 1.807) is 0 Å². The van der Waals surface area contributed by atoms with Gasteiger partial charge < -0.3 is 4.90 Å². The van der Waals surface area contributed by atoms with Crippen molar-refractivity contribution in [2.75, 3.05) is 19.6 Å². The maximum atomic E-state index is 4.35. The first kappa shape index (κ1) is 7.74. The van der Waals surface area contributed by atoms with Crippen molar-refractivity contribution in [2.45, 2.75) is 13.3 Å². The van der Waals surface area contributed by atoms with Crippen LogP contribution in [0.4, 0.5) is 0 Å². The second-order valence-electron chi connectivity index (χ2n) is 3.42. The van der Waals surface area contributed by atoms with Crippen LogP contribution in [0.15, 0.2) is 18.3 Å². The summed E-state index contributed by atoms with van der Waals surface area (Å²) in [6.45, 7) is 5.81. The summed E-state index contributed by atoms with van der Waals surface area (Å²) in [5.74, 6) is 0. The number of aryl methyl sites for hydroxylation is 1. The predicted octanol–water partition coefficient (Wildman–Crippen LogP) is 1.25. The molecule has 12 heavy (non-hydrogen) atoms. The minimum Gasteiger partial charge on any atom is -0.300 e. The largest absolute Gasteiger partial charge is 0.300 e. The third kappa shape index (κ3) is 2.05. The molecule has 1 saturated heterocycles. The lowest BCUT2D eigenvalue weighted by Crippen LogP contribution is -2.04. The molecule has 0 aromatic carbocycles. The van der Waals surface area contributed by atoms with Gasteiger partial charge in [0.15, 0.2) is 0 Å². The molecular weight excluding hydrogens is 148 g/mol. The first-order chi connectivity index (χ1) is 5.84. The second-order valence-corrected chi connectivity index (χ2v) is 3.42. The Balaban J connectivity index is 1.89. The standard InChI is InChI=1S/C10H14N2/c1-9-2-3-10(11-8-9)4-5-12-6-7-12/h2-3,8H,4-7H2,1H3. The van der Waals surface area contributed by atoms with Crippen LogP contribution < -0.4 is 0 Å². The molecule has 2 rings (SSSR count). The van der Waals surface area contributed by atoms with Crippen LogP contribution in [0.3, 0.4) is 0 Å². The fraction of sp³-hybridized carbons (Fsp3) is 0.500. The van der Waals surface area contributed by atoms with Crippen LogP contribution in [0.2, 0.25) is 0 Å². The Morgan fingerprint density at radius 3 is 2.83 bits per heavy atom. The second kappa shape index (κ2) is 3.23. The number of nitrogens with zero attached hydrogens (tertiary/aromatic N) is 2. The van der Waals surface area contributed by atoms with Crippen molar-refractivity contribution >= 4 is 0 Å². The number of hydrogen-bond acceptors (Lipinski definition) is 2. The van der Waals surface area contributed by atoms with Crippen LogP contribution in [-0.2, 0) is 6.42 Å². The lowest BCUT2D eigenvalue weighted by atomic mass is 10.2. The SMILES string of the molecule is Cc1ccc(CCN2CC2)nc1. The number of rotatable bonds is 3. The first-order valence-corrected chi connectivity index (χ1v) is 4.48. The Morgan fingerprint density at radius 2 is 2.25 bits per heavy atom. The zero-order valence-corrected chi connectivity index (χ0v) is 7.45. The molecule has 2 heteroatoms. The van der Waals surface area contributed by atoms with E-state index in [1.807, 2.05) is 6.20 Å².